The first-order valence-electron chi connectivity index (χ1n) is 6.09. The van der Waals surface area contributed by atoms with Crippen molar-refractivity contribution in [3.63, 3.8) is 0 Å². The van der Waals surface area contributed by atoms with Crippen LogP contribution in [-0.2, 0) is 28.3 Å². The van der Waals surface area contributed by atoms with E-state index in [1.807, 2.05) is 0 Å². The Morgan fingerprint density at radius 1 is 1.30 bits per heavy atom. The van der Waals surface area contributed by atoms with Crippen LogP contribution < -0.4 is 6.15 Å². The molecule has 0 radical (unpaired) electrons. The van der Waals surface area contributed by atoms with Crippen LogP contribution in [0.5, 0.6) is 0 Å². The SMILES string of the molecule is C=C(C)C(=O)OC(CC)(OS(=O)(=O)OCC)C(C)C.N. The molecule has 8 heteroatoms. The maximum Gasteiger partial charge on any atom is 0.403 e. The second-order valence-electron chi connectivity index (χ2n) is 4.39. The van der Waals surface area contributed by atoms with E-state index in [-0.39, 0.29) is 30.7 Å². The minimum Gasteiger partial charge on any atom is -0.428 e. The standard InChI is InChI=1S/C12H22O6S.H3N/c1-7-12(10(5)6,17-11(13)9(3)4)18-19(14,15)16-8-2;/h10H,3,7-8H2,1-2,4-6H3;1H3. The Balaban J connectivity index is 0. The largest absolute Gasteiger partial charge is 0.428 e. The van der Waals surface area contributed by atoms with Gasteiger partial charge in [0.05, 0.1) is 6.61 Å². The van der Waals surface area contributed by atoms with E-state index >= 15 is 0 Å². The molecule has 0 aliphatic rings. The van der Waals surface area contributed by atoms with Crippen LogP contribution in [0.1, 0.15) is 41.0 Å². The Morgan fingerprint density at radius 3 is 2.10 bits per heavy atom. The number of hydrogen-bond donors (Lipinski definition) is 1. The highest BCUT2D eigenvalue weighted by molar-refractivity contribution is 7.81. The first kappa shape index (κ1) is 21.3. The van der Waals surface area contributed by atoms with Gasteiger partial charge < -0.3 is 10.9 Å². The third-order valence-corrected chi connectivity index (χ3v) is 3.50. The third-order valence-electron chi connectivity index (χ3n) is 2.49. The van der Waals surface area contributed by atoms with Crippen molar-refractivity contribution in [1.29, 1.82) is 0 Å². The average molecular weight is 311 g/mol. The van der Waals surface area contributed by atoms with Crippen molar-refractivity contribution in [3.8, 4) is 0 Å². The van der Waals surface area contributed by atoms with Crippen molar-refractivity contribution in [3.05, 3.63) is 12.2 Å². The molecule has 20 heavy (non-hydrogen) atoms. The average Bonchev–Trinajstić information content (AvgIpc) is 2.26. The van der Waals surface area contributed by atoms with Gasteiger partial charge in [-0.2, -0.15) is 8.42 Å². The predicted molar refractivity (Wildman–Crippen MR) is 75.4 cm³/mol. The van der Waals surface area contributed by atoms with Gasteiger partial charge >= 0.3 is 16.4 Å². The zero-order valence-corrected chi connectivity index (χ0v) is 13.6. The summed E-state index contributed by atoms with van der Waals surface area (Å²) >= 11 is 0. The zero-order chi connectivity index (χ0) is 15.3. The lowest BCUT2D eigenvalue weighted by Gasteiger charge is -2.34. The number of hydrogen-bond acceptors (Lipinski definition) is 7. The predicted octanol–water partition coefficient (Wildman–Crippen LogP) is 2.33. The molecule has 0 saturated heterocycles. The summed E-state index contributed by atoms with van der Waals surface area (Å²) in [5.74, 6) is -2.68. The lowest BCUT2D eigenvalue weighted by Crippen LogP contribution is -2.44. The minimum atomic E-state index is -4.22. The highest BCUT2D eigenvalue weighted by atomic mass is 32.3. The molecular formula is C12H25NO6S. The van der Waals surface area contributed by atoms with Crippen LogP contribution in [0.2, 0.25) is 0 Å². The summed E-state index contributed by atoms with van der Waals surface area (Å²) < 4.78 is 37.9. The van der Waals surface area contributed by atoms with Crippen molar-refractivity contribution in [2.24, 2.45) is 5.92 Å². The van der Waals surface area contributed by atoms with Crippen molar-refractivity contribution in [2.45, 2.75) is 46.8 Å². The Kier molecular flexibility index (Phi) is 8.91. The number of carbonyl (C=O) groups excluding carboxylic acids is 1. The smallest absolute Gasteiger partial charge is 0.403 e. The fraction of sp³-hybridized carbons (Fsp3) is 0.750. The molecule has 3 N–H and O–H groups in total. The highest BCUT2D eigenvalue weighted by Crippen LogP contribution is 2.30. The lowest BCUT2D eigenvalue weighted by molar-refractivity contribution is -0.212. The summed E-state index contributed by atoms with van der Waals surface area (Å²) in [5.41, 5.74) is 0.163. The molecule has 1 unspecified atom stereocenters. The molecule has 0 spiro atoms. The quantitative estimate of drug-likeness (QED) is 0.415. The molecule has 7 nitrogen and oxygen atoms in total. The van der Waals surface area contributed by atoms with E-state index in [1.54, 1.807) is 20.8 Å². The normalized spacial score (nSPS) is 14.3. The first-order chi connectivity index (χ1) is 8.60. The molecule has 0 aliphatic heterocycles. The zero-order valence-electron chi connectivity index (χ0n) is 12.8. The molecule has 0 rings (SSSR count). The Hall–Kier alpha value is -0.960. The maximum atomic E-state index is 11.6. The number of esters is 1. The van der Waals surface area contributed by atoms with Gasteiger partial charge in [0, 0.05) is 17.9 Å². The monoisotopic (exact) mass is 311 g/mol. The molecule has 0 fully saturated rings. The molecule has 120 valence electrons. The van der Waals surface area contributed by atoms with E-state index in [2.05, 4.69) is 10.8 Å². The van der Waals surface area contributed by atoms with E-state index in [0.717, 1.165) is 0 Å². The van der Waals surface area contributed by atoms with Gasteiger partial charge in [0.1, 0.15) is 0 Å². The van der Waals surface area contributed by atoms with Gasteiger partial charge in [-0.25, -0.2) is 13.2 Å². The first-order valence-corrected chi connectivity index (χ1v) is 7.42. The molecule has 0 aliphatic carbocycles. The van der Waals surface area contributed by atoms with Crippen LogP contribution in [0.25, 0.3) is 0 Å². The van der Waals surface area contributed by atoms with Gasteiger partial charge in [0.2, 0.25) is 5.79 Å². The van der Waals surface area contributed by atoms with Gasteiger partial charge in [-0.15, -0.1) is 0 Å². The molecule has 1 atom stereocenters. The van der Waals surface area contributed by atoms with Gasteiger partial charge in [0.25, 0.3) is 0 Å². The summed E-state index contributed by atoms with van der Waals surface area (Å²) in [7, 11) is -4.22. The van der Waals surface area contributed by atoms with E-state index in [1.165, 1.54) is 13.8 Å². The van der Waals surface area contributed by atoms with E-state index < -0.39 is 22.2 Å². The van der Waals surface area contributed by atoms with Gasteiger partial charge in [-0.1, -0.05) is 27.4 Å². The fourth-order valence-corrected chi connectivity index (χ4v) is 2.38. The Morgan fingerprint density at radius 2 is 1.80 bits per heavy atom. The Labute approximate surface area is 121 Å². The lowest BCUT2D eigenvalue weighted by atomic mass is 10.0. The van der Waals surface area contributed by atoms with Crippen molar-refractivity contribution >= 4 is 16.4 Å². The van der Waals surface area contributed by atoms with Crippen LogP contribution in [-0.4, -0.2) is 26.8 Å². The van der Waals surface area contributed by atoms with Crippen LogP contribution in [0.4, 0.5) is 0 Å². The Bertz CT molecular complexity index is 431. The van der Waals surface area contributed by atoms with Crippen LogP contribution in [0.3, 0.4) is 0 Å². The fourth-order valence-electron chi connectivity index (χ4n) is 1.36. The van der Waals surface area contributed by atoms with Crippen LogP contribution in [0, 0.1) is 5.92 Å². The number of ether oxygens (including phenoxy) is 1. The molecule has 0 aromatic heterocycles. The second-order valence-corrected chi connectivity index (χ2v) is 5.61. The highest BCUT2D eigenvalue weighted by Gasteiger charge is 2.42. The van der Waals surface area contributed by atoms with Crippen molar-refractivity contribution in [2.75, 3.05) is 6.61 Å². The van der Waals surface area contributed by atoms with E-state index in [4.69, 9.17) is 8.92 Å². The van der Waals surface area contributed by atoms with Gasteiger partial charge in [0.15, 0.2) is 0 Å². The second kappa shape index (κ2) is 8.35. The van der Waals surface area contributed by atoms with Crippen molar-refractivity contribution in [1.82, 2.24) is 6.15 Å². The van der Waals surface area contributed by atoms with Crippen LogP contribution in [0.15, 0.2) is 12.2 Å². The molecule has 0 bridgehead atoms. The summed E-state index contributed by atoms with van der Waals surface area (Å²) in [6.45, 7) is 11.4. The minimum absolute atomic E-state index is 0. The van der Waals surface area contributed by atoms with Crippen molar-refractivity contribution < 1.29 is 26.3 Å². The molecule has 0 saturated carbocycles. The summed E-state index contributed by atoms with van der Waals surface area (Å²) in [4.78, 5) is 11.6. The molecular weight excluding hydrogens is 286 g/mol. The molecule has 0 amide bonds. The van der Waals surface area contributed by atoms with E-state index in [0.29, 0.717) is 0 Å². The summed E-state index contributed by atoms with van der Waals surface area (Å²) in [6.07, 6.45) is 0.163. The topological polar surface area (TPSA) is 114 Å². The number of carbonyl (C=O) groups is 1. The summed E-state index contributed by atoms with van der Waals surface area (Å²) in [5, 5.41) is 0. The van der Waals surface area contributed by atoms with Gasteiger partial charge in [-0.05, 0) is 13.8 Å². The molecule has 0 heterocycles. The van der Waals surface area contributed by atoms with Gasteiger partial charge in [-0.3, -0.25) is 0 Å². The molecule has 0 aromatic carbocycles. The summed E-state index contributed by atoms with van der Waals surface area (Å²) in [6, 6.07) is 0. The van der Waals surface area contributed by atoms with E-state index in [9.17, 15) is 13.2 Å². The third kappa shape index (κ3) is 6.00. The van der Waals surface area contributed by atoms with Crippen LogP contribution >= 0.6 is 0 Å². The molecule has 0 aromatic rings. The number of rotatable bonds is 8. The maximum absolute atomic E-state index is 11.6.